The van der Waals surface area contributed by atoms with Crippen LogP contribution < -0.4 is 10.6 Å². The number of aliphatic imine (C=N–C) groups is 1. The number of aromatic nitrogens is 3. The fourth-order valence-electron chi connectivity index (χ4n) is 3.41. The Morgan fingerprint density at radius 1 is 1.06 bits per heavy atom. The zero-order valence-electron chi connectivity index (χ0n) is 17.8. The lowest BCUT2D eigenvalue weighted by Gasteiger charge is -2.12. The summed E-state index contributed by atoms with van der Waals surface area (Å²) in [6.45, 7) is 4.25. The number of nitrogens with one attached hydrogen (secondary N) is 3. The molecule has 7 nitrogen and oxygen atoms in total. The molecule has 0 radical (unpaired) electrons. The van der Waals surface area contributed by atoms with Crippen LogP contribution in [-0.4, -0.2) is 33.4 Å². The molecule has 162 valence electrons. The van der Waals surface area contributed by atoms with Gasteiger partial charge >= 0.3 is 0 Å². The van der Waals surface area contributed by atoms with Crippen LogP contribution in [0.4, 0.5) is 5.95 Å². The van der Waals surface area contributed by atoms with Crippen molar-refractivity contribution in [1.29, 1.82) is 0 Å². The van der Waals surface area contributed by atoms with Crippen LogP contribution in [0.5, 0.6) is 0 Å². The number of guanidine groups is 1. The molecule has 2 aromatic heterocycles. The number of aromatic amines is 1. The Morgan fingerprint density at radius 2 is 1.78 bits per heavy atom. The monoisotopic (exact) mass is 446 g/mol. The third kappa shape index (κ3) is 5.31. The number of rotatable bonds is 5. The largest absolute Gasteiger partial charge is 0.361 e. The fourth-order valence-corrected chi connectivity index (χ4v) is 3.53. The SMILES string of the molecule is Cc1cc(C)nc(NC(=NCCc2c[nH]c3ccccc23)NC(=O)c2ccc(Cl)cc2)n1. The maximum atomic E-state index is 12.7. The van der Waals surface area contributed by atoms with Crippen LogP contribution >= 0.6 is 11.6 Å². The van der Waals surface area contributed by atoms with Crippen molar-refractivity contribution in [3.63, 3.8) is 0 Å². The highest BCUT2D eigenvalue weighted by Gasteiger charge is 2.11. The number of hydrogen-bond acceptors (Lipinski definition) is 4. The first-order chi connectivity index (χ1) is 15.5. The smallest absolute Gasteiger partial charge is 0.257 e. The summed E-state index contributed by atoms with van der Waals surface area (Å²) in [6, 6.07) is 16.7. The summed E-state index contributed by atoms with van der Waals surface area (Å²) in [4.78, 5) is 29.4. The molecule has 4 aromatic rings. The second kappa shape index (κ2) is 9.62. The van der Waals surface area contributed by atoms with Crippen LogP contribution in [-0.2, 0) is 6.42 Å². The Hall–Kier alpha value is -3.71. The summed E-state index contributed by atoms with van der Waals surface area (Å²) in [5, 5.41) is 7.61. The number of benzene rings is 2. The van der Waals surface area contributed by atoms with Crippen molar-refractivity contribution < 1.29 is 4.79 Å². The maximum absolute atomic E-state index is 12.7. The Bertz CT molecular complexity index is 1260. The van der Waals surface area contributed by atoms with Gasteiger partial charge in [-0.25, -0.2) is 9.97 Å². The van der Waals surface area contributed by atoms with Crippen LogP contribution in [0.25, 0.3) is 10.9 Å². The standard InChI is InChI=1S/C24H23ClN6O/c1-15-13-16(2)29-24(28-15)31-23(30-22(32)17-7-9-19(25)10-8-17)26-12-11-18-14-27-21-6-4-3-5-20(18)21/h3-10,13-14,27H,11-12H2,1-2H3,(H2,26,28,29,30,31,32). The van der Waals surface area contributed by atoms with Crippen molar-refractivity contribution in [2.24, 2.45) is 4.99 Å². The summed E-state index contributed by atoms with van der Waals surface area (Å²) in [7, 11) is 0. The first kappa shape index (κ1) is 21.5. The lowest BCUT2D eigenvalue weighted by atomic mass is 10.1. The van der Waals surface area contributed by atoms with Crippen molar-refractivity contribution in [1.82, 2.24) is 20.3 Å². The van der Waals surface area contributed by atoms with Gasteiger partial charge in [-0.1, -0.05) is 29.8 Å². The molecule has 0 spiro atoms. The van der Waals surface area contributed by atoms with Gasteiger partial charge in [-0.15, -0.1) is 0 Å². The van der Waals surface area contributed by atoms with E-state index in [1.54, 1.807) is 24.3 Å². The van der Waals surface area contributed by atoms with Crippen LogP contribution in [0.2, 0.25) is 5.02 Å². The maximum Gasteiger partial charge on any atom is 0.257 e. The van der Waals surface area contributed by atoms with E-state index in [0.29, 0.717) is 29.5 Å². The van der Waals surface area contributed by atoms with Crippen molar-refractivity contribution in [2.45, 2.75) is 20.3 Å². The first-order valence-corrected chi connectivity index (χ1v) is 10.6. The lowest BCUT2D eigenvalue weighted by molar-refractivity contribution is 0.0977. The van der Waals surface area contributed by atoms with Crippen LogP contribution in [0, 0.1) is 13.8 Å². The van der Waals surface area contributed by atoms with Crippen molar-refractivity contribution in [2.75, 3.05) is 11.9 Å². The van der Waals surface area contributed by atoms with Gasteiger partial charge in [-0.05, 0) is 62.2 Å². The summed E-state index contributed by atoms with van der Waals surface area (Å²) in [5.74, 6) is 0.365. The molecule has 0 aliphatic carbocycles. The van der Waals surface area contributed by atoms with Gasteiger partial charge in [0.2, 0.25) is 11.9 Å². The van der Waals surface area contributed by atoms with E-state index in [0.717, 1.165) is 22.5 Å². The summed E-state index contributed by atoms with van der Waals surface area (Å²) in [6.07, 6.45) is 2.70. The quantitative estimate of drug-likeness (QED) is 0.306. The zero-order valence-corrected chi connectivity index (χ0v) is 18.6. The van der Waals surface area contributed by atoms with Crippen molar-refractivity contribution in [3.8, 4) is 0 Å². The van der Waals surface area contributed by atoms with E-state index >= 15 is 0 Å². The Morgan fingerprint density at radius 3 is 2.53 bits per heavy atom. The molecule has 0 aliphatic rings. The van der Waals surface area contributed by atoms with E-state index < -0.39 is 0 Å². The Balaban J connectivity index is 1.54. The van der Waals surface area contributed by atoms with E-state index in [1.807, 2.05) is 44.3 Å². The average molecular weight is 447 g/mol. The van der Waals surface area contributed by atoms with Gasteiger partial charge in [0, 0.05) is 45.6 Å². The molecule has 4 rings (SSSR count). The van der Waals surface area contributed by atoms with Crippen LogP contribution in [0.15, 0.2) is 65.8 Å². The number of aryl methyl sites for hydroxylation is 2. The van der Waals surface area contributed by atoms with Gasteiger partial charge < -0.3 is 4.98 Å². The van der Waals surface area contributed by atoms with Gasteiger partial charge in [-0.3, -0.25) is 20.4 Å². The van der Waals surface area contributed by atoms with Crippen molar-refractivity contribution in [3.05, 3.63) is 88.3 Å². The number of hydrogen-bond donors (Lipinski definition) is 3. The predicted molar refractivity (Wildman–Crippen MR) is 128 cm³/mol. The predicted octanol–water partition coefficient (Wildman–Crippen LogP) is 4.67. The lowest BCUT2D eigenvalue weighted by Crippen LogP contribution is -2.37. The molecule has 2 heterocycles. The number of nitrogens with zero attached hydrogens (tertiary/aromatic N) is 3. The normalized spacial score (nSPS) is 11.5. The highest BCUT2D eigenvalue weighted by Crippen LogP contribution is 2.18. The molecule has 0 aliphatic heterocycles. The van der Waals surface area contributed by atoms with Gasteiger partial charge in [0.1, 0.15) is 0 Å². The number of amides is 1. The minimum absolute atomic E-state index is 0.287. The van der Waals surface area contributed by atoms with Crippen LogP contribution in [0.3, 0.4) is 0 Å². The molecule has 8 heteroatoms. The zero-order chi connectivity index (χ0) is 22.5. The second-order valence-corrected chi connectivity index (χ2v) is 7.84. The number of carbonyl (C=O) groups excluding carboxylic acids is 1. The summed E-state index contributed by atoms with van der Waals surface area (Å²) < 4.78 is 0. The molecule has 1 amide bonds. The van der Waals surface area contributed by atoms with E-state index in [4.69, 9.17) is 11.6 Å². The molecule has 0 unspecified atom stereocenters. The molecular formula is C24H23ClN6O. The highest BCUT2D eigenvalue weighted by atomic mass is 35.5. The molecular weight excluding hydrogens is 424 g/mol. The highest BCUT2D eigenvalue weighted by molar-refractivity contribution is 6.30. The van der Waals surface area contributed by atoms with Gasteiger partial charge in [0.05, 0.1) is 0 Å². The summed E-state index contributed by atoms with van der Waals surface area (Å²) >= 11 is 5.93. The molecule has 0 saturated heterocycles. The van der Waals surface area contributed by atoms with Crippen molar-refractivity contribution >= 4 is 40.3 Å². The molecule has 2 aromatic carbocycles. The number of fused-ring (bicyclic) bond motifs is 1. The minimum Gasteiger partial charge on any atom is -0.361 e. The summed E-state index contributed by atoms with van der Waals surface area (Å²) in [5.41, 5.74) is 4.37. The topological polar surface area (TPSA) is 95.1 Å². The number of carbonyl (C=O) groups is 1. The number of halogens is 1. The minimum atomic E-state index is -0.301. The molecule has 0 saturated carbocycles. The third-order valence-corrected chi connectivity index (χ3v) is 5.13. The van der Waals surface area contributed by atoms with Gasteiger partial charge in [-0.2, -0.15) is 0 Å². The Labute approximate surface area is 191 Å². The van der Waals surface area contributed by atoms with E-state index in [-0.39, 0.29) is 11.9 Å². The van der Waals surface area contributed by atoms with E-state index in [9.17, 15) is 4.79 Å². The second-order valence-electron chi connectivity index (χ2n) is 7.40. The molecule has 32 heavy (non-hydrogen) atoms. The number of H-pyrrole nitrogens is 1. The molecule has 0 bridgehead atoms. The van der Waals surface area contributed by atoms with Gasteiger partial charge in [0.15, 0.2) is 0 Å². The number of para-hydroxylation sites is 1. The van der Waals surface area contributed by atoms with Gasteiger partial charge in [0.25, 0.3) is 5.91 Å². The van der Waals surface area contributed by atoms with Crippen LogP contribution in [0.1, 0.15) is 27.3 Å². The Kier molecular flexibility index (Phi) is 6.47. The third-order valence-electron chi connectivity index (χ3n) is 4.88. The van der Waals surface area contributed by atoms with E-state index in [1.165, 1.54) is 5.39 Å². The van der Waals surface area contributed by atoms with E-state index in [2.05, 4.69) is 36.6 Å². The molecule has 0 fully saturated rings. The average Bonchev–Trinajstić information content (AvgIpc) is 3.16. The fraction of sp³-hybridized carbons (Fsp3) is 0.167. The molecule has 3 N–H and O–H groups in total. The molecule has 0 atom stereocenters. The first-order valence-electron chi connectivity index (χ1n) is 10.2. The number of anilines is 1.